The number of hydrogen-bond acceptors (Lipinski definition) is 2. The lowest BCUT2D eigenvalue weighted by Crippen LogP contribution is -2.49. The standard InChI is InChI=1S/C15H17Cl2NO3/c1-15(14(20)21,10-5-6-11(16)12(17)8-10)18-13(19)7-4-9-2-3-9/h5-6,8-9H,2-4,7H2,1H3,(H,18,19)(H,20,21). The molecule has 1 aliphatic rings. The predicted octanol–water partition coefficient (Wildman–Crippen LogP) is 3.60. The summed E-state index contributed by atoms with van der Waals surface area (Å²) in [5.41, 5.74) is -1.13. The molecule has 1 aromatic carbocycles. The number of nitrogens with one attached hydrogen (secondary N) is 1. The fourth-order valence-corrected chi connectivity index (χ4v) is 2.44. The van der Waals surface area contributed by atoms with E-state index in [0.29, 0.717) is 22.9 Å². The summed E-state index contributed by atoms with van der Waals surface area (Å²) >= 11 is 11.8. The third-order valence-electron chi connectivity index (χ3n) is 3.79. The highest BCUT2D eigenvalue weighted by molar-refractivity contribution is 6.42. The molecule has 0 bridgehead atoms. The van der Waals surface area contributed by atoms with Crippen LogP contribution in [0.3, 0.4) is 0 Å². The number of carbonyl (C=O) groups excluding carboxylic acids is 1. The van der Waals surface area contributed by atoms with Crippen molar-refractivity contribution < 1.29 is 14.7 Å². The van der Waals surface area contributed by atoms with Gasteiger partial charge in [-0.3, -0.25) is 4.79 Å². The van der Waals surface area contributed by atoms with Gasteiger partial charge in [-0.05, 0) is 37.0 Å². The number of carbonyl (C=O) groups is 2. The number of halogens is 2. The minimum atomic E-state index is -1.52. The number of benzene rings is 1. The molecule has 114 valence electrons. The maximum atomic E-state index is 12.0. The third-order valence-corrected chi connectivity index (χ3v) is 4.53. The maximum absolute atomic E-state index is 12.0. The molecule has 0 heterocycles. The van der Waals surface area contributed by atoms with E-state index < -0.39 is 11.5 Å². The van der Waals surface area contributed by atoms with Crippen LogP contribution in [0.5, 0.6) is 0 Å². The molecule has 1 fully saturated rings. The fourth-order valence-electron chi connectivity index (χ4n) is 2.14. The summed E-state index contributed by atoms with van der Waals surface area (Å²) in [5.74, 6) is -0.782. The van der Waals surface area contributed by atoms with Crippen LogP contribution in [0.1, 0.15) is 38.2 Å². The van der Waals surface area contributed by atoms with Crippen molar-refractivity contribution in [3.05, 3.63) is 33.8 Å². The molecule has 21 heavy (non-hydrogen) atoms. The first-order chi connectivity index (χ1) is 9.83. The Morgan fingerprint density at radius 2 is 2.00 bits per heavy atom. The molecular formula is C15H17Cl2NO3. The highest BCUT2D eigenvalue weighted by Gasteiger charge is 2.37. The summed E-state index contributed by atoms with van der Waals surface area (Å²) in [6, 6.07) is 4.56. The Labute approximate surface area is 133 Å². The molecule has 1 aromatic rings. The Kier molecular flexibility index (Phi) is 4.79. The van der Waals surface area contributed by atoms with Crippen molar-refractivity contribution in [2.75, 3.05) is 0 Å². The van der Waals surface area contributed by atoms with Crippen molar-refractivity contribution in [1.29, 1.82) is 0 Å². The van der Waals surface area contributed by atoms with E-state index >= 15 is 0 Å². The summed E-state index contributed by atoms with van der Waals surface area (Å²) in [5, 5.41) is 12.7. The maximum Gasteiger partial charge on any atom is 0.333 e. The minimum Gasteiger partial charge on any atom is -0.479 e. The second-order valence-electron chi connectivity index (χ2n) is 5.59. The summed E-state index contributed by atoms with van der Waals surface area (Å²) < 4.78 is 0. The molecule has 1 unspecified atom stereocenters. The number of amides is 1. The van der Waals surface area contributed by atoms with Crippen LogP contribution >= 0.6 is 23.2 Å². The molecule has 0 radical (unpaired) electrons. The first kappa shape index (κ1) is 16.1. The number of aliphatic carboxylic acids is 1. The van der Waals surface area contributed by atoms with Gasteiger partial charge in [0.1, 0.15) is 0 Å². The Morgan fingerprint density at radius 1 is 1.33 bits per heavy atom. The van der Waals surface area contributed by atoms with E-state index in [4.69, 9.17) is 23.2 Å². The summed E-state index contributed by atoms with van der Waals surface area (Å²) in [4.78, 5) is 23.6. The van der Waals surface area contributed by atoms with Crippen LogP contribution in [0.15, 0.2) is 18.2 Å². The lowest BCUT2D eigenvalue weighted by molar-refractivity contribution is -0.147. The molecule has 1 amide bonds. The molecule has 1 saturated carbocycles. The second kappa shape index (κ2) is 6.24. The van der Waals surface area contributed by atoms with Crippen molar-refractivity contribution in [3.63, 3.8) is 0 Å². The summed E-state index contributed by atoms with van der Waals surface area (Å²) in [6.45, 7) is 1.45. The fraction of sp³-hybridized carbons (Fsp3) is 0.467. The zero-order valence-electron chi connectivity index (χ0n) is 11.7. The van der Waals surface area contributed by atoms with E-state index in [1.54, 1.807) is 6.07 Å². The van der Waals surface area contributed by atoms with Crippen LogP contribution in [0, 0.1) is 5.92 Å². The predicted molar refractivity (Wildman–Crippen MR) is 81.6 cm³/mol. The average molecular weight is 330 g/mol. The van der Waals surface area contributed by atoms with E-state index in [1.165, 1.54) is 19.1 Å². The molecule has 0 aliphatic heterocycles. The van der Waals surface area contributed by atoms with E-state index in [2.05, 4.69) is 5.32 Å². The van der Waals surface area contributed by atoms with Crippen LogP contribution in [0.2, 0.25) is 10.0 Å². The van der Waals surface area contributed by atoms with Gasteiger partial charge in [-0.25, -0.2) is 4.79 Å². The van der Waals surface area contributed by atoms with Crippen molar-refractivity contribution >= 4 is 35.1 Å². The van der Waals surface area contributed by atoms with Gasteiger partial charge >= 0.3 is 5.97 Å². The normalized spacial score (nSPS) is 17.1. The highest BCUT2D eigenvalue weighted by Crippen LogP contribution is 2.34. The van der Waals surface area contributed by atoms with Crippen LogP contribution in [-0.2, 0) is 15.1 Å². The molecule has 1 aliphatic carbocycles. The summed E-state index contributed by atoms with van der Waals surface area (Å²) in [7, 11) is 0. The SMILES string of the molecule is CC(NC(=O)CCC1CC1)(C(=O)O)c1ccc(Cl)c(Cl)c1. The van der Waals surface area contributed by atoms with Gasteiger partial charge in [0, 0.05) is 6.42 Å². The first-order valence-corrected chi connectivity index (χ1v) is 7.58. The zero-order chi connectivity index (χ0) is 15.6. The Bertz CT molecular complexity index is 572. The quantitative estimate of drug-likeness (QED) is 0.837. The van der Waals surface area contributed by atoms with Gasteiger partial charge in [-0.15, -0.1) is 0 Å². The lowest BCUT2D eigenvalue weighted by Gasteiger charge is -2.27. The van der Waals surface area contributed by atoms with E-state index in [1.807, 2.05) is 0 Å². The van der Waals surface area contributed by atoms with Crippen molar-refractivity contribution in [2.45, 2.75) is 38.1 Å². The average Bonchev–Trinajstić information content (AvgIpc) is 3.23. The first-order valence-electron chi connectivity index (χ1n) is 6.83. The minimum absolute atomic E-state index is 0.258. The van der Waals surface area contributed by atoms with Gasteiger partial charge in [0.05, 0.1) is 10.0 Å². The van der Waals surface area contributed by atoms with Gasteiger partial charge < -0.3 is 10.4 Å². The highest BCUT2D eigenvalue weighted by atomic mass is 35.5. The van der Waals surface area contributed by atoms with Gasteiger partial charge in [0.25, 0.3) is 0 Å². The van der Waals surface area contributed by atoms with Crippen LogP contribution < -0.4 is 5.32 Å². The molecule has 0 aromatic heterocycles. The van der Waals surface area contributed by atoms with Crippen molar-refractivity contribution in [2.24, 2.45) is 5.92 Å². The second-order valence-corrected chi connectivity index (χ2v) is 6.40. The third kappa shape index (κ3) is 3.89. The van der Waals surface area contributed by atoms with Crippen molar-refractivity contribution in [1.82, 2.24) is 5.32 Å². The van der Waals surface area contributed by atoms with E-state index in [0.717, 1.165) is 19.3 Å². The number of rotatable bonds is 6. The van der Waals surface area contributed by atoms with Gasteiger partial charge in [-0.1, -0.05) is 42.1 Å². The van der Waals surface area contributed by atoms with E-state index in [-0.39, 0.29) is 10.9 Å². The zero-order valence-corrected chi connectivity index (χ0v) is 13.2. The van der Waals surface area contributed by atoms with Crippen molar-refractivity contribution in [3.8, 4) is 0 Å². The Balaban J connectivity index is 2.15. The number of carboxylic acids is 1. The smallest absolute Gasteiger partial charge is 0.333 e. The van der Waals surface area contributed by atoms with Gasteiger partial charge in [-0.2, -0.15) is 0 Å². The van der Waals surface area contributed by atoms with Gasteiger partial charge in [0.2, 0.25) is 5.91 Å². The molecule has 2 rings (SSSR count). The Hall–Kier alpha value is -1.26. The van der Waals surface area contributed by atoms with Gasteiger partial charge in [0.15, 0.2) is 5.54 Å². The number of carboxylic acid groups (broad SMARTS) is 1. The Morgan fingerprint density at radius 3 is 2.52 bits per heavy atom. The molecule has 6 heteroatoms. The molecule has 4 nitrogen and oxygen atoms in total. The topological polar surface area (TPSA) is 66.4 Å². The number of hydrogen-bond donors (Lipinski definition) is 2. The summed E-state index contributed by atoms with van der Waals surface area (Å²) in [6.07, 6.45) is 3.48. The molecule has 0 spiro atoms. The van der Waals surface area contributed by atoms with Crippen LogP contribution in [0.25, 0.3) is 0 Å². The lowest BCUT2D eigenvalue weighted by atomic mass is 9.91. The van der Waals surface area contributed by atoms with E-state index in [9.17, 15) is 14.7 Å². The molecule has 1 atom stereocenters. The van der Waals surface area contributed by atoms with Crippen LogP contribution in [-0.4, -0.2) is 17.0 Å². The molecule has 2 N–H and O–H groups in total. The largest absolute Gasteiger partial charge is 0.479 e. The van der Waals surface area contributed by atoms with Crippen LogP contribution in [0.4, 0.5) is 0 Å². The molecule has 0 saturated heterocycles. The molecular weight excluding hydrogens is 313 g/mol. The monoisotopic (exact) mass is 329 g/mol.